The zero-order valence-corrected chi connectivity index (χ0v) is 22.5. The number of hydrogen-bond acceptors (Lipinski definition) is 5. The Morgan fingerprint density at radius 1 is 1.00 bits per heavy atom. The average molecular weight is 566 g/mol. The summed E-state index contributed by atoms with van der Waals surface area (Å²) in [5.41, 5.74) is 1.78. The quantitative estimate of drug-likeness (QED) is 0.193. The van der Waals surface area contributed by atoms with Gasteiger partial charge in [0, 0.05) is 15.4 Å². The third kappa shape index (κ3) is 4.39. The van der Waals surface area contributed by atoms with Crippen molar-refractivity contribution in [1.29, 1.82) is 0 Å². The van der Waals surface area contributed by atoms with Crippen molar-refractivity contribution >= 4 is 54.8 Å². The highest BCUT2D eigenvalue weighted by atomic mass is 79.9. The van der Waals surface area contributed by atoms with Gasteiger partial charge in [-0.15, -0.1) is 0 Å². The molecule has 2 aromatic heterocycles. The Labute approximate surface area is 227 Å². The number of aromatic nitrogens is 2. The minimum absolute atomic E-state index is 0.0267. The van der Waals surface area contributed by atoms with Gasteiger partial charge in [-0.3, -0.25) is 4.79 Å². The Kier molecular flexibility index (Phi) is 6.29. The molecule has 0 aliphatic heterocycles. The lowest BCUT2D eigenvalue weighted by Gasteiger charge is -2.16. The molecule has 0 bridgehead atoms. The number of benzene rings is 4. The van der Waals surface area contributed by atoms with Crippen LogP contribution in [0.5, 0.6) is 5.75 Å². The van der Waals surface area contributed by atoms with E-state index < -0.39 is 0 Å². The van der Waals surface area contributed by atoms with E-state index in [-0.39, 0.29) is 11.7 Å². The first kappa shape index (κ1) is 24.1. The van der Waals surface area contributed by atoms with Crippen LogP contribution in [0.3, 0.4) is 0 Å². The predicted octanol–water partition coefficient (Wildman–Crippen LogP) is 7.78. The number of halogens is 1. The normalized spacial score (nSPS) is 12.6. The van der Waals surface area contributed by atoms with E-state index in [2.05, 4.69) is 22.9 Å². The van der Waals surface area contributed by atoms with Crippen LogP contribution in [0.2, 0.25) is 0 Å². The predicted molar refractivity (Wildman–Crippen MR) is 156 cm³/mol. The topological polar surface area (TPSA) is 69.6 Å². The average Bonchev–Trinajstić information content (AvgIpc) is 3.36. The Morgan fingerprint density at radius 3 is 2.63 bits per heavy atom. The molecule has 0 amide bonds. The van der Waals surface area contributed by atoms with Gasteiger partial charge < -0.3 is 9.15 Å². The first-order valence-electron chi connectivity index (χ1n) is 12.5. The number of para-hydroxylation sites is 1. The molecule has 0 saturated carbocycles. The molecule has 0 saturated heterocycles. The van der Waals surface area contributed by atoms with Crippen molar-refractivity contribution in [3.63, 3.8) is 0 Å². The van der Waals surface area contributed by atoms with E-state index in [9.17, 15) is 4.79 Å². The summed E-state index contributed by atoms with van der Waals surface area (Å²) >= 11 is 3.51. The molecule has 4 aromatic carbocycles. The summed E-state index contributed by atoms with van der Waals surface area (Å²) in [6, 6.07) is 26.9. The zero-order valence-electron chi connectivity index (χ0n) is 20.9. The molecule has 38 heavy (non-hydrogen) atoms. The molecular weight excluding hydrogens is 542 g/mol. The molecule has 2 heterocycles. The molecule has 6 rings (SSSR count). The highest BCUT2D eigenvalue weighted by Gasteiger charge is 2.17. The number of fused-ring (bicyclic) bond motifs is 3. The summed E-state index contributed by atoms with van der Waals surface area (Å²) in [6.07, 6.45) is 2.57. The summed E-state index contributed by atoms with van der Waals surface area (Å²) in [4.78, 5) is 18.5. The van der Waals surface area contributed by atoms with Crippen LogP contribution < -0.4 is 10.3 Å². The van der Waals surface area contributed by atoms with Gasteiger partial charge in [0.25, 0.3) is 5.56 Å². The minimum atomic E-state index is -0.284. The SMILES string of the molecule is CC[C@H](C)Oc1ccc2ccccc2c1C=Nn1c(-c2cc3cc(Br)ccc3o2)nc2ccccc2c1=O. The second-order valence-electron chi connectivity index (χ2n) is 9.14. The van der Waals surface area contributed by atoms with Gasteiger partial charge in [0.1, 0.15) is 11.3 Å². The molecule has 188 valence electrons. The fraction of sp³-hybridized carbons (Fsp3) is 0.129. The highest BCUT2D eigenvalue weighted by molar-refractivity contribution is 9.10. The second kappa shape index (κ2) is 9.91. The van der Waals surface area contributed by atoms with Crippen LogP contribution in [0.25, 0.3) is 44.2 Å². The Hall–Kier alpha value is -4.23. The van der Waals surface area contributed by atoms with Gasteiger partial charge in [0.15, 0.2) is 5.76 Å². The van der Waals surface area contributed by atoms with Crippen molar-refractivity contribution in [1.82, 2.24) is 9.66 Å². The molecule has 0 spiro atoms. The van der Waals surface area contributed by atoms with Crippen molar-refractivity contribution in [2.45, 2.75) is 26.4 Å². The molecular formula is C31H24BrN3O3. The van der Waals surface area contributed by atoms with Crippen LogP contribution in [0.4, 0.5) is 0 Å². The van der Waals surface area contributed by atoms with Crippen LogP contribution in [-0.4, -0.2) is 22.0 Å². The molecule has 0 unspecified atom stereocenters. The molecule has 0 aliphatic rings. The van der Waals surface area contributed by atoms with Crippen molar-refractivity contribution in [2.24, 2.45) is 5.10 Å². The fourth-order valence-electron chi connectivity index (χ4n) is 4.44. The summed E-state index contributed by atoms with van der Waals surface area (Å²) in [5, 5.41) is 8.10. The second-order valence-corrected chi connectivity index (χ2v) is 10.1. The molecule has 6 nitrogen and oxygen atoms in total. The van der Waals surface area contributed by atoms with E-state index in [1.807, 2.05) is 85.8 Å². The number of furan rings is 1. The Morgan fingerprint density at radius 2 is 1.79 bits per heavy atom. The van der Waals surface area contributed by atoms with Gasteiger partial charge in [-0.25, -0.2) is 4.98 Å². The van der Waals surface area contributed by atoms with Gasteiger partial charge in [-0.05, 0) is 66.6 Å². The van der Waals surface area contributed by atoms with Crippen LogP contribution in [0, 0.1) is 0 Å². The van der Waals surface area contributed by atoms with Crippen LogP contribution in [-0.2, 0) is 0 Å². The van der Waals surface area contributed by atoms with E-state index in [0.717, 1.165) is 32.6 Å². The zero-order chi connectivity index (χ0) is 26.2. The first-order valence-corrected chi connectivity index (χ1v) is 13.2. The van der Waals surface area contributed by atoms with E-state index in [1.54, 1.807) is 12.3 Å². The van der Waals surface area contributed by atoms with Crippen molar-refractivity contribution in [3.8, 4) is 17.3 Å². The Balaban J connectivity index is 1.58. The van der Waals surface area contributed by atoms with Crippen LogP contribution >= 0.6 is 15.9 Å². The van der Waals surface area contributed by atoms with Gasteiger partial charge in [-0.1, -0.05) is 65.3 Å². The lowest BCUT2D eigenvalue weighted by atomic mass is 10.0. The van der Waals surface area contributed by atoms with E-state index in [4.69, 9.17) is 19.2 Å². The molecule has 1 atom stereocenters. The minimum Gasteiger partial charge on any atom is -0.490 e. The third-order valence-electron chi connectivity index (χ3n) is 6.59. The fourth-order valence-corrected chi connectivity index (χ4v) is 4.82. The molecule has 0 radical (unpaired) electrons. The van der Waals surface area contributed by atoms with Crippen LogP contribution in [0.15, 0.2) is 104 Å². The standard InChI is InChI=1S/C31H24BrN3O3/c1-3-19(2)37-28-14-12-20-8-4-5-9-23(20)25(28)18-33-35-30(34-26-11-7-6-10-24(26)31(35)36)29-17-21-16-22(32)13-15-27(21)38-29/h4-19H,3H2,1-2H3/t19-/m0/s1. The number of hydrogen-bond donors (Lipinski definition) is 0. The van der Waals surface area contributed by atoms with Gasteiger partial charge in [0.05, 0.1) is 23.2 Å². The number of ether oxygens (including phenoxy) is 1. The first-order chi connectivity index (χ1) is 18.5. The molecule has 6 aromatic rings. The summed E-state index contributed by atoms with van der Waals surface area (Å²) in [6.45, 7) is 4.11. The van der Waals surface area contributed by atoms with Crippen molar-refractivity contribution in [3.05, 3.63) is 105 Å². The maximum absolute atomic E-state index is 13.7. The number of rotatable bonds is 6. The smallest absolute Gasteiger partial charge is 0.282 e. The maximum Gasteiger partial charge on any atom is 0.282 e. The monoisotopic (exact) mass is 565 g/mol. The number of nitrogens with zero attached hydrogens (tertiary/aromatic N) is 3. The third-order valence-corrected chi connectivity index (χ3v) is 7.08. The van der Waals surface area contributed by atoms with Gasteiger partial charge in [0.2, 0.25) is 5.82 Å². The summed E-state index contributed by atoms with van der Waals surface area (Å²) < 4.78 is 14.6. The highest BCUT2D eigenvalue weighted by Crippen LogP contribution is 2.30. The van der Waals surface area contributed by atoms with E-state index in [1.165, 1.54) is 4.68 Å². The van der Waals surface area contributed by atoms with E-state index in [0.29, 0.717) is 33.8 Å². The summed E-state index contributed by atoms with van der Waals surface area (Å²) in [7, 11) is 0. The molecule has 7 heteroatoms. The lowest BCUT2D eigenvalue weighted by molar-refractivity contribution is 0.217. The van der Waals surface area contributed by atoms with Crippen LogP contribution in [0.1, 0.15) is 25.8 Å². The Bertz CT molecular complexity index is 1900. The molecule has 0 fully saturated rings. The van der Waals surface area contributed by atoms with Crippen molar-refractivity contribution < 1.29 is 9.15 Å². The van der Waals surface area contributed by atoms with Gasteiger partial charge >= 0.3 is 0 Å². The molecule has 0 aliphatic carbocycles. The lowest BCUT2D eigenvalue weighted by Crippen LogP contribution is -2.20. The van der Waals surface area contributed by atoms with Gasteiger partial charge in [-0.2, -0.15) is 9.78 Å². The van der Waals surface area contributed by atoms with Crippen molar-refractivity contribution in [2.75, 3.05) is 0 Å². The molecule has 0 N–H and O–H groups in total. The van der Waals surface area contributed by atoms with E-state index >= 15 is 0 Å². The largest absolute Gasteiger partial charge is 0.490 e. The maximum atomic E-state index is 13.7. The summed E-state index contributed by atoms with van der Waals surface area (Å²) in [5.74, 6) is 1.48.